The van der Waals surface area contributed by atoms with E-state index in [1.54, 1.807) is 36.5 Å². The van der Waals surface area contributed by atoms with Gasteiger partial charge in [0.05, 0.1) is 5.02 Å². The summed E-state index contributed by atoms with van der Waals surface area (Å²) in [5.74, 6) is -0.0497. The lowest BCUT2D eigenvalue weighted by Gasteiger charge is -2.24. The van der Waals surface area contributed by atoms with Crippen LogP contribution >= 0.6 is 23.4 Å². The molecule has 0 fully saturated rings. The second-order valence-corrected chi connectivity index (χ2v) is 9.63. The van der Waals surface area contributed by atoms with Gasteiger partial charge in [-0.2, -0.15) is 0 Å². The molecule has 0 spiro atoms. The number of halogens is 1. The molecule has 180 valence electrons. The molecule has 4 aromatic rings. The Labute approximate surface area is 212 Å². The van der Waals surface area contributed by atoms with E-state index in [0.29, 0.717) is 28.5 Å². The van der Waals surface area contributed by atoms with Crippen LogP contribution < -0.4 is 16.0 Å². The summed E-state index contributed by atoms with van der Waals surface area (Å²) >= 11 is 7.21. The summed E-state index contributed by atoms with van der Waals surface area (Å²) in [5, 5.41) is 11.8. The Bertz CT molecular complexity index is 1430. The van der Waals surface area contributed by atoms with E-state index >= 15 is 0 Å². The summed E-state index contributed by atoms with van der Waals surface area (Å²) in [4.78, 5) is 31.0. The molecule has 0 amide bonds. The van der Waals surface area contributed by atoms with E-state index in [-0.39, 0.29) is 21.8 Å². The maximum absolute atomic E-state index is 13.0. The molecule has 0 atom stereocenters. The molecule has 0 aliphatic rings. The fraction of sp³-hybridized carbons (Fsp3) is 0.185. The number of nitrogens with zero attached hydrogens (tertiary/aromatic N) is 2. The van der Waals surface area contributed by atoms with Crippen molar-refractivity contribution in [2.24, 2.45) is 0 Å². The topological polar surface area (TPSA) is 78.3 Å². The molecular weight excluding hydrogens is 482 g/mol. The number of anilines is 2. The first-order valence-electron chi connectivity index (χ1n) is 11.3. The number of H-pyrrole nitrogens is 1. The van der Waals surface area contributed by atoms with E-state index in [2.05, 4.69) is 11.9 Å². The van der Waals surface area contributed by atoms with Crippen LogP contribution in [0.4, 0.5) is 11.4 Å². The zero-order chi connectivity index (χ0) is 24.9. The van der Waals surface area contributed by atoms with Gasteiger partial charge in [-0.05, 0) is 55.3 Å². The fourth-order valence-corrected chi connectivity index (χ4v) is 4.84. The predicted octanol–water partition coefficient (Wildman–Crippen LogP) is 6.15. The SMILES string of the molecule is CCCCc1[nH]c(=O)c(Sc2ccc(-n3cc(Cl)ccc3=O)cc2)c(O)c1N(C)c1ccccc1. The maximum Gasteiger partial charge on any atom is 0.266 e. The van der Waals surface area contributed by atoms with Crippen molar-refractivity contribution < 1.29 is 5.11 Å². The van der Waals surface area contributed by atoms with Gasteiger partial charge in [-0.25, -0.2) is 0 Å². The summed E-state index contributed by atoms with van der Waals surface area (Å²) in [6, 6.07) is 19.8. The number of aromatic hydroxyl groups is 1. The second kappa shape index (κ2) is 10.9. The molecule has 0 radical (unpaired) electrons. The Morgan fingerprint density at radius 1 is 1.03 bits per heavy atom. The van der Waals surface area contributed by atoms with E-state index in [4.69, 9.17) is 11.6 Å². The summed E-state index contributed by atoms with van der Waals surface area (Å²) in [7, 11) is 1.88. The quantitative estimate of drug-likeness (QED) is 0.299. The normalized spacial score (nSPS) is 10.9. The Balaban J connectivity index is 1.71. The average molecular weight is 508 g/mol. The third kappa shape index (κ3) is 5.47. The molecule has 8 heteroatoms. The van der Waals surface area contributed by atoms with Crippen molar-refractivity contribution >= 4 is 34.7 Å². The van der Waals surface area contributed by atoms with Gasteiger partial charge in [-0.3, -0.25) is 14.2 Å². The number of hydrogen-bond acceptors (Lipinski definition) is 5. The Morgan fingerprint density at radius 2 is 1.74 bits per heavy atom. The highest BCUT2D eigenvalue weighted by molar-refractivity contribution is 7.99. The highest BCUT2D eigenvalue weighted by Gasteiger charge is 2.22. The smallest absolute Gasteiger partial charge is 0.266 e. The van der Waals surface area contributed by atoms with Crippen molar-refractivity contribution in [1.82, 2.24) is 9.55 Å². The lowest BCUT2D eigenvalue weighted by atomic mass is 10.1. The van der Waals surface area contributed by atoms with Crippen LogP contribution in [0.1, 0.15) is 25.5 Å². The second-order valence-electron chi connectivity index (χ2n) is 8.11. The van der Waals surface area contributed by atoms with E-state index in [1.165, 1.54) is 22.4 Å². The number of benzene rings is 2. The van der Waals surface area contributed by atoms with E-state index < -0.39 is 0 Å². The van der Waals surface area contributed by atoms with Crippen LogP contribution in [0.2, 0.25) is 5.02 Å². The van der Waals surface area contributed by atoms with Crippen molar-refractivity contribution in [3.05, 3.63) is 104 Å². The van der Waals surface area contributed by atoms with E-state index in [9.17, 15) is 14.7 Å². The first-order valence-corrected chi connectivity index (χ1v) is 12.5. The highest BCUT2D eigenvalue weighted by Crippen LogP contribution is 2.41. The molecule has 0 unspecified atom stereocenters. The fourth-order valence-electron chi connectivity index (χ4n) is 3.84. The number of pyridine rings is 2. The molecule has 0 aliphatic heterocycles. The van der Waals surface area contributed by atoms with E-state index in [0.717, 1.165) is 23.4 Å². The number of nitrogens with one attached hydrogen (secondary N) is 1. The minimum Gasteiger partial charge on any atom is -0.504 e. The Kier molecular flexibility index (Phi) is 7.68. The van der Waals surface area contributed by atoms with Gasteiger partial charge in [0, 0.05) is 41.3 Å². The lowest BCUT2D eigenvalue weighted by molar-refractivity contribution is 0.459. The van der Waals surface area contributed by atoms with Crippen molar-refractivity contribution in [3.8, 4) is 11.4 Å². The van der Waals surface area contributed by atoms with Gasteiger partial charge >= 0.3 is 0 Å². The van der Waals surface area contributed by atoms with Gasteiger partial charge in [0.25, 0.3) is 11.1 Å². The molecule has 2 heterocycles. The third-order valence-corrected chi connectivity index (χ3v) is 6.98. The largest absolute Gasteiger partial charge is 0.504 e. The van der Waals surface area contributed by atoms with Crippen LogP contribution in [0.15, 0.2) is 92.3 Å². The van der Waals surface area contributed by atoms with Gasteiger partial charge in [0.15, 0.2) is 5.75 Å². The molecule has 6 nitrogen and oxygen atoms in total. The predicted molar refractivity (Wildman–Crippen MR) is 143 cm³/mol. The molecule has 2 N–H and O–H groups in total. The molecule has 0 saturated carbocycles. The van der Waals surface area contributed by atoms with Crippen molar-refractivity contribution in [2.45, 2.75) is 36.0 Å². The number of rotatable bonds is 8. The zero-order valence-electron chi connectivity index (χ0n) is 19.5. The standard InChI is InChI=1S/C27H26ClN3O3S/c1-3-4-10-22-24(30(2)19-8-6-5-7-9-19)25(33)26(27(34)29-22)35-21-14-12-20(13-15-21)31-17-18(28)11-16-23(31)32/h5-9,11-17H,3-4,10H2,1-2H3,(H2,29,33,34). The molecule has 2 aromatic heterocycles. The van der Waals surface area contributed by atoms with Gasteiger partial charge in [-0.1, -0.05) is 54.9 Å². The zero-order valence-corrected chi connectivity index (χ0v) is 21.1. The molecule has 35 heavy (non-hydrogen) atoms. The highest BCUT2D eigenvalue weighted by atomic mass is 35.5. The number of unbranched alkanes of at least 4 members (excludes halogenated alkanes) is 1. The van der Waals surface area contributed by atoms with Crippen LogP contribution in [0, 0.1) is 0 Å². The molecular formula is C27H26ClN3O3S. The monoisotopic (exact) mass is 507 g/mol. The summed E-state index contributed by atoms with van der Waals surface area (Å²) in [6.45, 7) is 2.09. The third-order valence-electron chi connectivity index (χ3n) is 5.66. The van der Waals surface area contributed by atoms with Gasteiger partial charge in [0.2, 0.25) is 0 Å². The number of aromatic nitrogens is 2. The first-order chi connectivity index (χ1) is 16.9. The molecule has 0 aliphatic carbocycles. The summed E-state index contributed by atoms with van der Waals surface area (Å²) in [5.41, 5.74) is 2.33. The number of aryl methyl sites for hydroxylation is 1. The molecule has 4 rings (SSSR count). The number of hydrogen-bond donors (Lipinski definition) is 2. The summed E-state index contributed by atoms with van der Waals surface area (Å²) < 4.78 is 1.45. The van der Waals surface area contributed by atoms with Crippen LogP contribution in [-0.2, 0) is 6.42 Å². The number of para-hydroxylation sites is 1. The minimum absolute atomic E-state index is 0.0497. The average Bonchev–Trinajstić information content (AvgIpc) is 2.87. The number of aromatic amines is 1. The molecule has 2 aromatic carbocycles. The van der Waals surface area contributed by atoms with Crippen LogP contribution in [-0.4, -0.2) is 21.7 Å². The Morgan fingerprint density at radius 3 is 2.43 bits per heavy atom. The van der Waals surface area contributed by atoms with Crippen molar-refractivity contribution in [1.29, 1.82) is 0 Å². The van der Waals surface area contributed by atoms with Crippen LogP contribution in [0.5, 0.6) is 5.75 Å². The van der Waals surface area contributed by atoms with Gasteiger partial charge in [-0.15, -0.1) is 0 Å². The first kappa shape index (κ1) is 24.7. The summed E-state index contributed by atoms with van der Waals surface area (Å²) in [6.07, 6.45) is 4.07. The van der Waals surface area contributed by atoms with Crippen LogP contribution in [0.3, 0.4) is 0 Å². The van der Waals surface area contributed by atoms with E-state index in [1.807, 2.05) is 42.3 Å². The van der Waals surface area contributed by atoms with Crippen molar-refractivity contribution in [3.63, 3.8) is 0 Å². The molecule has 0 bridgehead atoms. The lowest BCUT2D eigenvalue weighted by Crippen LogP contribution is -2.19. The van der Waals surface area contributed by atoms with Gasteiger partial charge < -0.3 is 15.0 Å². The van der Waals surface area contributed by atoms with Crippen molar-refractivity contribution in [2.75, 3.05) is 11.9 Å². The Hall–Kier alpha value is -3.42. The minimum atomic E-state index is -0.334. The van der Waals surface area contributed by atoms with Crippen LogP contribution in [0.25, 0.3) is 5.69 Å². The maximum atomic E-state index is 13.0. The molecule has 0 saturated heterocycles. The van der Waals surface area contributed by atoms with Gasteiger partial charge in [0.1, 0.15) is 10.6 Å².